The molecule has 11 heteroatoms. The lowest BCUT2D eigenvalue weighted by Crippen LogP contribution is -2.19. The van der Waals surface area contributed by atoms with Gasteiger partial charge in [0.25, 0.3) is 5.56 Å². The van der Waals surface area contributed by atoms with Crippen LogP contribution in [0.2, 0.25) is 0 Å². The van der Waals surface area contributed by atoms with Crippen molar-refractivity contribution in [3.05, 3.63) is 50.1 Å². The number of fused-ring (bicyclic) bond motifs is 1. The number of nitrogens with two attached hydrogens (primary N) is 2. The number of H-pyrrole nitrogens is 1. The molecule has 3 amide bonds. The summed E-state index contributed by atoms with van der Waals surface area (Å²) < 4.78 is 0. The number of carbonyl (C=O) groups is 3. The molecule has 0 saturated carbocycles. The predicted octanol–water partition coefficient (Wildman–Crippen LogP) is 2.81. The summed E-state index contributed by atoms with van der Waals surface area (Å²) >= 11 is 2.55. The highest BCUT2D eigenvalue weighted by molar-refractivity contribution is 7.99. The summed E-state index contributed by atoms with van der Waals surface area (Å²) in [5.41, 5.74) is 11.7. The van der Waals surface area contributed by atoms with E-state index < -0.39 is 17.7 Å². The number of carbonyl (C=O) groups excluding carboxylic acids is 3. The number of nitrogens with zero attached hydrogens (tertiary/aromatic N) is 1. The van der Waals surface area contributed by atoms with Gasteiger partial charge in [-0.15, -0.1) is 11.3 Å². The second-order valence-electron chi connectivity index (χ2n) is 7.77. The van der Waals surface area contributed by atoms with Crippen LogP contribution >= 0.6 is 23.1 Å². The molecule has 2 aromatic heterocycles. The van der Waals surface area contributed by atoms with Crippen LogP contribution in [0.4, 0.5) is 5.69 Å². The Kier molecular flexibility index (Phi) is 7.54. The Morgan fingerprint density at radius 2 is 1.82 bits per heavy atom. The highest BCUT2D eigenvalue weighted by Crippen LogP contribution is 2.30. The first kappa shape index (κ1) is 24.5. The van der Waals surface area contributed by atoms with Crippen molar-refractivity contribution in [3.8, 4) is 0 Å². The second-order valence-corrected chi connectivity index (χ2v) is 9.94. The van der Waals surface area contributed by atoms with E-state index in [9.17, 15) is 19.2 Å². The Labute approximate surface area is 198 Å². The van der Waals surface area contributed by atoms with Crippen molar-refractivity contribution in [1.82, 2.24) is 9.97 Å². The average molecular weight is 488 g/mol. The van der Waals surface area contributed by atoms with Gasteiger partial charge in [0.2, 0.25) is 17.7 Å². The van der Waals surface area contributed by atoms with Gasteiger partial charge in [-0.1, -0.05) is 32.0 Å². The molecule has 33 heavy (non-hydrogen) atoms. The van der Waals surface area contributed by atoms with Crippen LogP contribution in [-0.2, 0) is 11.2 Å². The topological polar surface area (TPSA) is 161 Å². The number of thiophene rings is 1. The van der Waals surface area contributed by atoms with Crippen molar-refractivity contribution in [3.63, 3.8) is 0 Å². The van der Waals surface area contributed by atoms with E-state index in [4.69, 9.17) is 11.5 Å². The number of aromatic amines is 1. The van der Waals surface area contributed by atoms with Crippen molar-refractivity contribution in [2.45, 2.75) is 38.8 Å². The highest BCUT2D eigenvalue weighted by Gasteiger charge is 2.18. The Hall–Kier alpha value is -3.18. The molecule has 6 N–H and O–H groups in total. The standard InChI is InChI=1S/C22H25N5O4S2/c1-4-10(2)5-15-11(3)33-21-17(15)20(31)26-22(27-21)32-9-16(28)25-14-7-12(18(23)29)6-13(8-14)19(24)30/h6-8,10H,4-5,9H2,1-3H3,(H2,23,29)(H2,24,30)(H,25,28)(H,26,27,31). The van der Waals surface area contributed by atoms with E-state index in [0.29, 0.717) is 21.3 Å². The summed E-state index contributed by atoms with van der Waals surface area (Å²) in [7, 11) is 0. The lowest BCUT2D eigenvalue weighted by molar-refractivity contribution is -0.113. The number of aromatic nitrogens is 2. The number of hydrogen-bond acceptors (Lipinski definition) is 7. The number of anilines is 1. The van der Waals surface area contributed by atoms with Gasteiger partial charge in [-0.2, -0.15) is 0 Å². The first-order valence-corrected chi connectivity index (χ1v) is 12.1. The summed E-state index contributed by atoms with van der Waals surface area (Å²) in [5.74, 6) is -1.51. The maximum atomic E-state index is 12.8. The summed E-state index contributed by atoms with van der Waals surface area (Å²) in [6.07, 6.45) is 1.84. The molecule has 0 fully saturated rings. The van der Waals surface area contributed by atoms with Crippen LogP contribution in [0.15, 0.2) is 28.2 Å². The SMILES string of the molecule is CCC(C)Cc1c(C)sc2nc(SCC(=O)Nc3cc(C(N)=O)cc(C(N)=O)c3)[nH]c(=O)c12. The van der Waals surface area contributed by atoms with E-state index >= 15 is 0 Å². The number of nitrogens with one attached hydrogen (secondary N) is 2. The molecule has 3 aromatic rings. The zero-order valence-electron chi connectivity index (χ0n) is 18.5. The van der Waals surface area contributed by atoms with E-state index in [1.165, 1.54) is 29.5 Å². The van der Waals surface area contributed by atoms with Gasteiger partial charge in [-0.25, -0.2) is 4.98 Å². The quantitative estimate of drug-likeness (QED) is 0.268. The van der Waals surface area contributed by atoms with Crippen LogP contribution in [0.25, 0.3) is 10.2 Å². The molecule has 1 atom stereocenters. The van der Waals surface area contributed by atoms with Crippen LogP contribution in [0.3, 0.4) is 0 Å². The van der Waals surface area contributed by atoms with E-state index in [0.717, 1.165) is 35.0 Å². The number of primary amides is 2. The van der Waals surface area contributed by atoms with Crippen molar-refractivity contribution >= 4 is 56.7 Å². The van der Waals surface area contributed by atoms with Gasteiger partial charge < -0.3 is 21.8 Å². The monoisotopic (exact) mass is 487 g/mol. The zero-order chi connectivity index (χ0) is 24.3. The Balaban J connectivity index is 1.76. The number of hydrogen-bond donors (Lipinski definition) is 4. The van der Waals surface area contributed by atoms with Gasteiger partial charge >= 0.3 is 0 Å². The summed E-state index contributed by atoms with van der Waals surface area (Å²) in [6, 6.07) is 3.98. The molecule has 0 radical (unpaired) electrons. The van der Waals surface area contributed by atoms with Crippen LogP contribution in [-0.4, -0.2) is 33.4 Å². The molecule has 0 bridgehead atoms. The Morgan fingerprint density at radius 1 is 1.18 bits per heavy atom. The third kappa shape index (κ3) is 5.79. The molecular formula is C22H25N5O4S2. The molecule has 2 heterocycles. The summed E-state index contributed by atoms with van der Waals surface area (Å²) in [4.78, 5) is 57.1. The molecule has 174 valence electrons. The van der Waals surface area contributed by atoms with E-state index in [1.54, 1.807) is 0 Å². The highest BCUT2D eigenvalue weighted by atomic mass is 32.2. The second kappa shape index (κ2) is 10.2. The molecule has 1 unspecified atom stereocenters. The minimum Gasteiger partial charge on any atom is -0.366 e. The number of aryl methyl sites for hydroxylation is 1. The van der Waals surface area contributed by atoms with Gasteiger partial charge in [-0.05, 0) is 43.0 Å². The van der Waals surface area contributed by atoms with Gasteiger partial charge in [0, 0.05) is 21.7 Å². The van der Waals surface area contributed by atoms with E-state index in [-0.39, 0.29) is 28.1 Å². The maximum Gasteiger partial charge on any atom is 0.260 e. The molecule has 0 aliphatic carbocycles. The smallest absolute Gasteiger partial charge is 0.260 e. The molecule has 0 saturated heterocycles. The normalized spacial score (nSPS) is 12.0. The summed E-state index contributed by atoms with van der Waals surface area (Å²) in [5, 5.41) is 3.56. The van der Waals surface area contributed by atoms with Crippen molar-refractivity contribution in [1.29, 1.82) is 0 Å². The van der Waals surface area contributed by atoms with Crippen molar-refractivity contribution in [2.75, 3.05) is 11.1 Å². The van der Waals surface area contributed by atoms with Crippen LogP contribution < -0.4 is 22.3 Å². The first-order valence-electron chi connectivity index (χ1n) is 10.3. The molecule has 3 rings (SSSR count). The molecule has 9 nitrogen and oxygen atoms in total. The van der Waals surface area contributed by atoms with Crippen molar-refractivity contribution in [2.24, 2.45) is 17.4 Å². The van der Waals surface area contributed by atoms with Gasteiger partial charge in [-0.3, -0.25) is 19.2 Å². The molecule has 0 spiro atoms. The van der Waals surface area contributed by atoms with Gasteiger partial charge in [0.1, 0.15) is 4.83 Å². The first-order chi connectivity index (χ1) is 15.6. The minimum atomic E-state index is -0.753. The molecular weight excluding hydrogens is 462 g/mol. The predicted molar refractivity (Wildman–Crippen MR) is 131 cm³/mol. The number of amides is 3. The molecule has 1 aromatic carbocycles. The third-order valence-corrected chi connectivity index (χ3v) is 7.13. The van der Waals surface area contributed by atoms with Gasteiger partial charge in [0.05, 0.1) is 11.1 Å². The van der Waals surface area contributed by atoms with Crippen LogP contribution in [0.1, 0.15) is 51.4 Å². The maximum absolute atomic E-state index is 12.8. The van der Waals surface area contributed by atoms with Gasteiger partial charge in [0.15, 0.2) is 5.16 Å². The number of rotatable bonds is 9. The zero-order valence-corrected chi connectivity index (χ0v) is 20.1. The number of benzene rings is 1. The number of thioether (sulfide) groups is 1. The lowest BCUT2D eigenvalue weighted by Gasteiger charge is -2.09. The fourth-order valence-electron chi connectivity index (χ4n) is 3.28. The average Bonchev–Trinajstić information content (AvgIpc) is 3.07. The minimum absolute atomic E-state index is 0.0481. The lowest BCUT2D eigenvalue weighted by atomic mass is 9.98. The fourth-order valence-corrected chi connectivity index (χ4v) is 5.05. The van der Waals surface area contributed by atoms with E-state index in [1.807, 2.05) is 6.92 Å². The Bertz CT molecular complexity index is 1270. The molecule has 0 aliphatic heterocycles. The molecule has 0 aliphatic rings. The Morgan fingerprint density at radius 3 is 2.39 bits per heavy atom. The van der Waals surface area contributed by atoms with Crippen LogP contribution in [0.5, 0.6) is 0 Å². The fraction of sp³-hybridized carbons (Fsp3) is 0.318. The third-order valence-electron chi connectivity index (χ3n) is 5.22. The van der Waals surface area contributed by atoms with Crippen molar-refractivity contribution < 1.29 is 14.4 Å². The largest absolute Gasteiger partial charge is 0.366 e. The van der Waals surface area contributed by atoms with Crippen LogP contribution in [0, 0.1) is 12.8 Å². The summed E-state index contributed by atoms with van der Waals surface area (Å²) in [6.45, 7) is 6.26. The van der Waals surface area contributed by atoms with E-state index in [2.05, 4.69) is 29.1 Å².